The first kappa shape index (κ1) is 45.4. The van der Waals surface area contributed by atoms with Crippen molar-refractivity contribution in [2.75, 3.05) is 34.2 Å². The number of fused-ring (bicyclic) bond motifs is 2. The molecule has 8 aromatic rings. The summed E-state index contributed by atoms with van der Waals surface area (Å²) in [4.78, 5) is 38.0. The van der Waals surface area contributed by atoms with Crippen molar-refractivity contribution in [3.8, 4) is 45.3 Å². The van der Waals surface area contributed by atoms with Gasteiger partial charge in [-0.2, -0.15) is 0 Å². The quantitative estimate of drug-likeness (QED) is 0.0735. The summed E-state index contributed by atoms with van der Waals surface area (Å²) in [5.74, 6) is 2.83. The van der Waals surface area contributed by atoms with E-state index in [9.17, 15) is 10.1 Å². The largest absolute Gasteiger partial charge is 0.495 e. The number of nitrogen functional groups attached to an aromatic ring is 1. The number of nitrogens with zero attached hydrogens (tertiary/aromatic N) is 7. The highest BCUT2D eigenvalue weighted by molar-refractivity contribution is 6.42. The molecule has 0 saturated heterocycles. The Kier molecular flexibility index (Phi) is 13.8. The summed E-state index contributed by atoms with van der Waals surface area (Å²) in [5.41, 5.74) is 13.8. The van der Waals surface area contributed by atoms with Crippen molar-refractivity contribution in [3.63, 3.8) is 0 Å². The zero-order valence-electron chi connectivity index (χ0n) is 35.2. The van der Waals surface area contributed by atoms with Crippen molar-refractivity contribution in [1.82, 2.24) is 29.9 Å². The average molecular weight is 941 g/mol. The van der Waals surface area contributed by atoms with Crippen LogP contribution in [-0.2, 0) is 12.8 Å². The molecular weight excluding hydrogens is 902 g/mol. The molecule has 18 heteroatoms. The highest BCUT2D eigenvalue weighted by Crippen LogP contribution is 2.47. The van der Waals surface area contributed by atoms with Crippen LogP contribution in [0.15, 0.2) is 85.5 Å². The molecule has 0 saturated carbocycles. The Bertz CT molecular complexity index is 3030. The molecule has 0 unspecified atom stereocenters. The number of benzene rings is 4. The first-order chi connectivity index (χ1) is 30.8. The highest BCUT2D eigenvalue weighted by atomic mass is 35.5. The fraction of sp³-hybridized carbons (Fsp3) is 0.174. The Morgan fingerprint density at radius 3 is 1.39 bits per heavy atom. The number of hydrogen-bond donors (Lipinski definition) is 1. The van der Waals surface area contributed by atoms with E-state index in [0.717, 1.165) is 27.8 Å². The number of nitrogens with two attached hydrogens (primary N) is 1. The van der Waals surface area contributed by atoms with Crippen LogP contribution in [-0.4, -0.2) is 63.3 Å². The number of ether oxygens (including phenoxy) is 4. The molecule has 4 aromatic carbocycles. The van der Waals surface area contributed by atoms with Gasteiger partial charge >= 0.3 is 0 Å². The number of aryl methyl sites for hydroxylation is 2. The van der Waals surface area contributed by atoms with Crippen LogP contribution in [0.5, 0.6) is 23.0 Å². The molecule has 0 radical (unpaired) electrons. The van der Waals surface area contributed by atoms with Crippen LogP contribution in [0.4, 0.5) is 11.4 Å². The topological polar surface area (TPSA) is 183 Å². The number of nitro benzene ring substituents is 1. The first-order valence-corrected chi connectivity index (χ1v) is 20.8. The van der Waals surface area contributed by atoms with Crippen LogP contribution in [0, 0.1) is 24.0 Å². The van der Waals surface area contributed by atoms with Crippen LogP contribution >= 0.6 is 46.4 Å². The van der Waals surface area contributed by atoms with E-state index in [-0.39, 0.29) is 12.1 Å². The molecule has 4 heterocycles. The van der Waals surface area contributed by atoms with Crippen molar-refractivity contribution in [1.29, 1.82) is 0 Å². The minimum atomic E-state index is -0.399. The number of rotatable bonds is 11. The van der Waals surface area contributed by atoms with Crippen LogP contribution in [0.2, 0.25) is 20.1 Å². The SMILES string of the molecule is COc1cc(OC)c(Cl)c(-c2cnc3nc(Cc4c(C)cccc4N)ncc3c2)c1Cl.COc1cc(OC)c(Cl)c(-c2cnc3nc(Cc4c(C)cccc4[N+](=O)[O-])ncc3c2)c1Cl. The number of aromatic nitrogens is 6. The predicted molar refractivity (Wildman–Crippen MR) is 251 cm³/mol. The maximum Gasteiger partial charge on any atom is 0.273 e. The molecule has 0 spiro atoms. The van der Waals surface area contributed by atoms with Gasteiger partial charge < -0.3 is 24.7 Å². The van der Waals surface area contributed by atoms with E-state index < -0.39 is 4.92 Å². The van der Waals surface area contributed by atoms with Crippen LogP contribution < -0.4 is 24.7 Å². The molecule has 14 nitrogen and oxygen atoms in total. The Hall–Kier alpha value is -6.58. The summed E-state index contributed by atoms with van der Waals surface area (Å²) in [6.45, 7) is 3.84. The molecule has 0 bridgehead atoms. The van der Waals surface area contributed by atoms with Crippen molar-refractivity contribution in [2.24, 2.45) is 0 Å². The minimum Gasteiger partial charge on any atom is -0.495 e. The molecule has 326 valence electrons. The normalized spacial score (nSPS) is 11.0. The van der Waals surface area contributed by atoms with Gasteiger partial charge in [-0.15, -0.1) is 0 Å². The van der Waals surface area contributed by atoms with Gasteiger partial charge in [0.25, 0.3) is 5.69 Å². The lowest BCUT2D eigenvalue weighted by Gasteiger charge is -2.15. The zero-order valence-corrected chi connectivity index (χ0v) is 38.2. The van der Waals surface area contributed by atoms with Gasteiger partial charge in [-0.3, -0.25) is 10.1 Å². The Morgan fingerprint density at radius 2 is 0.984 bits per heavy atom. The number of halogens is 4. The molecule has 0 aliphatic heterocycles. The van der Waals surface area contributed by atoms with Gasteiger partial charge in [0.1, 0.15) is 34.6 Å². The maximum atomic E-state index is 11.4. The van der Waals surface area contributed by atoms with Crippen LogP contribution in [0.3, 0.4) is 0 Å². The summed E-state index contributed by atoms with van der Waals surface area (Å²) in [6, 6.07) is 17.8. The number of anilines is 1. The van der Waals surface area contributed by atoms with Gasteiger partial charge in [0.2, 0.25) is 0 Å². The number of methoxy groups -OCH3 is 4. The third-order valence-corrected chi connectivity index (χ3v) is 11.9. The predicted octanol–water partition coefficient (Wildman–Crippen LogP) is 11.3. The van der Waals surface area contributed by atoms with Crippen LogP contribution in [0.1, 0.15) is 33.9 Å². The van der Waals surface area contributed by atoms with Crippen molar-refractivity contribution >= 4 is 79.8 Å². The van der Waals surface area contributed by atoms with E-state index in [0.29, 0.717) is 106 Å². The minimum absolute atomic E-state index is 0.0401. The lowest BCUT2D eigenvalue weighted by Crippen LogP contribution is -2.03. The summed E-state index contributed by atoms with van der Waals surface area (Å²) < 4.78 is 21.4. The van der Waals surface area contributed by atoms with Gasteiger partial charge in [0.05, 0.1) is 53.5 Å². The summed E-state index contributed by atoms with van der Waals surface area (Å²) in [6.07, 6.45) is 7.38. The second kappa shape index (κ2) is 19.4. The van der Waals surface area contributed by atoms with Gasteiger partial charge in [0, 0.05) is 100 Å². The maximum absolute atomic E-state index is 11.4. The molecular formula is C46H38Cl4N8O6. The molecule has 0 fully saturated rings. The van der Waals surface area contributed by atoms with E-state index >= 15 is 0 Å². The standard InChI is InChI=1S/C23H18Cl2N4O4.C23H20Cl2N4O2/c1-12-5-4-6-16(29(30)31)15(12)8-19-26-11-14-7-13(10-27-23(14)28-19)20-21(24)17(32-2)9-18(33-3)22(20)25;1-12-5-4-6-16(26)15(12)8-19-27-11-14-7-13(10-28-23(14)29-19)20-21(24)17(30-2)9-18(31-3)22(20)25/h4-7,9-11H,8H2,1-3H3;4-7,9-11H,8,26H2,1-3H3. The van der Waals surface area contributed by atoms with E-state index in [4.69, 9.17) is 71.1 Å². The Morgan fingerprint density at radius 1 is 0.578 bits per heavy atom. The Labute approximate surface area is 387 Å². The second-order valence-electron chi connectivity index (χ2n) is 14.2. The Balaban J connectivity index is 0.000000192. The molecule has 0 aliphatic rings. The van der Waals surface area contributed by atoms with Gasteiger partial charge in [-0.25, -0.2) is 29.9 Å². The molecule has 8 rings (SSSR count). The van der Waals surface area contributed by atoms with Crippen molar-refractivity contribution in [3.05, 3.63) is 150 Å². The van der Waals surface area contributed by atoms with E-state index in [1.54, 1.807) is 43.0 Å². The number of nitro groups is 1. The highest BCUT2D eigenvalue weighted by Gasteiger charge is 2.22. The fourth-order valence-electron chi connectivity index (χ4n) is 7.01. The van der Waals surface area contributed by atoms with E-state index in [2.05, 4.69) is 29.9 Å². The lowest BCUT2D eigenvalue weighted by atomic mass is 10.0. The number of pyridine rings is 2. The molecule has 0 atom stereocenters. The summed E-state index contributed by atoms with van der Waals surface area (Å²) in [5, 5.41) is 14.2. The molecule has 4 aromatic heterocycles. The van der Waals surface area contributed by atoms with Crippen molar-refractivity contribution < 1.29 is 23.9 Å². The lowest BCUT2D eigenvalue weighted by molar-refractivity contribution is -0.385. The van der Waals surface area contributed by atoms with Crippen LogP contribution in [0.25, 0.3) is 44.3 Å². The van der Waals surface area contributed by atoms with Gasteiger partial charge in [-0.05, 0) is 48.7 Å². The average Bonchev–Trinajstić information content (AvgIpc) is 3.28. The summed E-state index contributed by atoms with van der Waals surface area (Å²) in [7, 11) is 6.08. The first-order valence-electron chi connectivity index (χ1n) is 19.3. The van der Waals surface area contributed by atoms with Gasteiger partial charge in [0.15, 0.2) is 11.3 Å². The zero-order chi connectivity index (χ0) is 45.8. The van der Waals surface area contributed by atoms with E-state index in [1.807, 2.05) is 50.2 Å². The number of hydrogen-bond acceptors (Lipinski definition) is 13. The molecule has 2 N–H and O–H groups in total. The molecule has 0 amide bonds. The van der Waals surface area contributed by atoms with Gasteiger partial charge in [-0.1, -0.05) is 70.7 Å². The molecule has 0 aliphatic carbocycles. The van der Waals surface area contributed by atoms with E-state index in [1.165, 1.54) is 34.5 Å². The second-order valence-corrected chi connectivity index (χ2v) is 15.8. The summed E-state index contributed by atoms with van der Waals surface area (Å²) >= 11 is 26.1. The third-order valence-electron chi connectivity index (χ3n) is 10.4. The molecule has 64 heavy (non-hydrogen) atoms. The fourth-order valence-corrected chi connectivity index (χ4v) is 8.45. The monoisotopic (exact) mass is 938 g/mol. The third kappa shape index (κ3) is 9.22. The van der Waals surface area contributed by atoms with Crippen molar-refractivity contribution in [2.45, 2.75) is 26.7 Å². The smallest absolute Gasteiger partial charge is 0.273 e.